The lowest BCUT2D eigenvalue weighted by molar-refractivity contribution is 0.0523. The molecular formula is C9H12N2O3. The summed E-state index contributed by atoms with van der Waals surface area (Å²) in [6.45, 7) is 1.90. The minimum Gasteiger partial charge on any atom is -0.505 e. The molecule has 0 heterocycles. The van der Waals surface area contributed by atoms with Gasteiger partial charge in [0, 0.05) is 5.69 Å². The van der Waals surface area contributed by atoms with Crippen molar-refractivity contribution in [3.63, 3.8) is 0 Å². The molecule has 0 spiro atoms. The predicted molar refractivity (Wildman–Crippen MR) is 52.9 cm³/mol. The highest BCUT2D eigenvalue weighted by molar-refractivity contribution is 5.95. The molecule has 0 bridgehead atoms. The Morgan fingerprint density at radius 2 is 2.14 bits per heavy atom. The number of nitrogens with two attached hydrogens (primary N) is 2. The lowest BCUT2D eigenvalue weighted by Crippen LogP contribution is -2.07. The molecule has 0 aliphatic heterocycles. The summed E-state index contributed by atoms with van der Waals surface area (Å²) < 4.78 is 4.71. The summed E-state index contributed by atoms with van der Waals surface area (Å²) in [4.78, 5) is 11.3. The molecular weight excluding hydrogens is 184 g/mol. The summed E-state index contributed by atoms with van der Waals surface area (Å²) in [5.41, 5.74) is 11.2. The van der Waals surface area contributed by atoms with Crippen LogP contribution in [-0.2, 0) is 4.74 Å². The van der Waals surface area contributed by atoms with Gasteiger partial charge >= 0.3 is 5.97 Å². The number of phenolic OH excluding ortho intramolecular Hbond substituents is 1. The fourth-order valence-electron chi connectivity index (χ4n) is 1.04. The number of hydrogen-bond acceptors (Lipinski definition) is 5. The summed E-state index contributed by atoms with van der Waals surface area (Å²) in [5.74, 6) is -0.929. The SMILES string of the molecule is CCOC(=O)c1cc(N)cc(N)c1O. The minimum absolute atomic E-state index is 0.00986. The second-order valence-electron chi connectivity index (χ2n) is 2.73. The third-order valence-electron chi connectivity index (χ3n) is 1.66. The summed E-state index contributed by atoms with van der Waals surface area (Å²) in [7, 11) is 0. The van der Waals surface area contributed by atoms with E-state index in [9.17, 15) is 9.90 Å². The van der Waals surface area contributed by atoms with Gasteiger partial charge in [-0.2, -0.15) is 0 Å². The minimum atomic E-state index is -0.635. The Hall–Kier alpha value is -1.91. The van der Waals surface area contributed by atoms with Crippen molar-refractivity contribution < 1.29 is 14.6 Å². The van der Waals surface area contributed by atoms with Crippen LogP contribution in [0.5, 0.6) is 5.75 Å². The number of carbonyl (C=O) groups is 1. The van der Waals surface area contributed by atoms with Crippen LogP contribution >= 0.6 is 0 Å². The molecule has 0 aromatic heterocycles. The number of carbonyl (C=O) groups excluding carboxylic acids is 1. The highest BCUT2D eigenvalue weighted by Gasteiger charge is 2.15. The predicted octanol–water partition coefficient (Wildman–Crippen LogP) is 0.733. The number of phenols is 1. The second kappa shape index (κ2) is 3.87. The van der Waals surface area contributed by atoms with E-state index >= 15 is 0 Å². The fraction of sp³-hybridized carbons (Fsp3) is 0.222. The van der Waals surface area contributed by atoms with E-state index in [-0.39, 0.29) is 23.6 Å². The van der Waals surface area contributed by atoms with E-state index in [1.807, 2.05) is 0 Å². The van der Waals surface area contributed by atoms with Crippen LogP contribution < -0.4 is 11.5 Å². The van der Waals surface area contributed by atoms with Crippen molar-refractivity contribution in [2.45, 2.75) is 6.92 Å². The Kier molecular flexibility index (Phi) is 2.81. The molecule has 0 aliphatic carbocycles. The molecule has 0 atom stereocenters. The van der Waals surface area contributed by atoms with Crippen molar-refractivity contribution in [3.8, 4) is 5.75 Å². The third kappa shape index (κ3) is 1.87. The van der Waals surface area contributed by atoms with Crippen molar-refractivity contribution in [2.75, 3.05) is 18.1 Å². The van der Waals surface area contributed by atoms with Gasteiger partial charge in [-0.25, -0.2) is 4.79 Å². The topological polar surface area (TPSA) is 98.6 Å². The first-order valence-corrected chi connectivity index (χ1v) is 4.11. The van der Waals surface area contributed by atoms with Gasteiger partial charge in [-0.3, -0.25) is 0 Å². The molecule has 1 aromatic carbocycles. The van der Waals surface area contributed by atoms with Crippen LogP contribution in [0.3, 0.4) is 0 Å². The Balaban J connectivity index is 3.13. The van der Waals surface area contributed by atoms with E-state index in [1.54, 1.807) is 6.92 Å². The van der Waals surface area contributed by atoms with Gasteiger partial charge in [-0.1, -0.05) is 0 Å². The highest BCUT2D eigenvalue weighted by atomic mass is 16.5. The molecule has 0 radical (unpaired) electrons. The van der Waals surface area contributed by atoms with E-state index in [0.717, 1.165) is 0 Å². The van der Waals surface area contributed by atoms with Gasteiger partial charge in [0.15, 0.2) is 5.75 Å². The molecule has 0 saturated heterocycles. The maximum Gasteiger partial charge on any atom is 0.342 e. The van der Waals surface area contributed by atoms with Crippen LogP contribution in [0.25, 0.3) is 0 Å². The average molecular weight is 196 g/mol. The van der Waals surface area contributed by atoms with E-state index in [4.69, 9.17) is 16.2 Å². The van der Waals surface area contributed by atoms with Crippen LogP contribution in [0, 0.1) is 0 Å². The number of hydrogen-bond donors (Lipinski definition) is 3. The van der Waals surface area contributed by atoms with Crippen molar-refractivity contribution >= 4 is 17.3 Å². The van der Waals surface area contributed by atoms with Crippen LogP contribution in [-0.4, -0.2) is 17.7 Å². The summed E-state index contributed by atoms with van der Waals surface area (Å²) in [6, 6.07) is 2.70. The molecule has 0 unspecified atom stereocenters. The second-order valence-corrected chi connectivity index (χ2v) is 2.73. The number of benzene rings is 1. The monoisotopic (exact) mass is 196 g/mol. The number of rotatable bonds is 2. The lowest BCUT2D eigenvalue weighted by Gasteiger charge is -2.07. The van der Waals surface area contributed by atoms with Crippen molar-refractivity contribution in [3.05, 3.63) is 17.7 Å². The number of nitrogen functional groups attached to an aromatic ring is 2. The van der Waals surface area contributed by atoms with E-state index < -0.39 is 5.97 Å². The van der Waals surface area contributed by atoms with Gasteiger partial charge in [0.1, 0.15) is 5.56 Å². The zero-order chi connectivity index (χ0) is 10.7. The van der Waals surface area contributed by atoms with Gasteiger partial charge in [-0.15, -0.1) is 0 Å². The Bertz CT molecular complexity index is 363. The summed E-state index contributed by atoms with van der Waals surface area (Å²) in [5, 5.41) is 9.44. The van der Waals surface area contributed by atoms with E-state index in [2.05, 4.69) is 0 Å². The zero-order valence-electron chi connectivity index (χ0n) is 7.78. The quantitative estimate of drug-likeness (QED) is 0.280. The Morgan fingerprint density at radius 1 is 1.50 bits per heavy atom. The summed E-state index contributed by atoms with van der Waals surface area (Å²) >= 11 is 0. The molecule has 5 N–H and O–H groups in total. The number of ether oxygens (including phenoxy) is 1. The standard InChI is InChI=1S/C9H12N2O3/c1-2-14-9(13)6-3-5(10)4-7(11)8(6)12/h3-4,12H,2,10-11H2,1H3. The van der Waals surface area contributed by atoms with Gasteiger partial charge in [0.25, 0.3) is 0 Å². The van der Waals surface area contributed by atoms with Crippen LogP contribution in [0.2, 0.25) is 0 Å². The van der Waals surface area contributed by atoms with Gasteiger partial charge < -0.3 is 21.3 Å². The van der Waals surface area contributed by atoms with Crippen molar-refractivity contribution in [1.29, 1.82) is 0 Å². The molecule has 0 saturated carbocycles. The first-order chi connectivity index (χ1) is 6.56. The molecule has 14 heavy (non-hydrogen) atoms. The maximum absolute atomic E-state index is 11.3. The van der Waals surface area contributed by atoms with Gasteiger partial charge in [-0.05, 0) is 19.1 Å². The zero-order valence-corrected chi connectivity index (χ0v) is 7.78. The maximum atomic E-state index is 11.3. The fourth-order valence-corrected chi connectivity index (χ4v) is 1.04. The smallest absolute Gasteiger partial charge is 0.342 e. The molecule has 76 valence electrons. The van der Waals surface area contributed by atoms with E-state index in [0.29, 0.717) is 5.69 Å². The molecule has 5 heteroatoms. The third-order valence-corrected chi connectivity index (χ3v) is 1.66. The molecule has 1 aromatic rings. The Morgan fingerprint density at radius 3 is 2.71 bits per heavy atom. The largest absolute Gasteiger partial charge is 0.505 e. The number of aromatic hydroxyl groups is 1. The van der Waals surface area contributed by atoms with E-state index in [1.165, 1.54) is 12.1 Å². The Labute approximate surface area is 81.3 Å². The first kappa shape index (κ1) is 10.2. The number of anilines is 2. The number of esters is 1. The molecule has 0 aliphatic rings. The van der Waals surface area contributed by atoms with Crippen LogP contribution in [0.4, 0.5) is 11.4 Å². The molecule has 5 nitrogen and oxygen atoms in total. The molecule has 1 rings (SSSR count). The average Bonchev–Trinajstić information content (AvgIpc) is 2.11. The van der Waals surface area contributed by atoms with Gasteiger partial charge in [0.2, 0.25) is 0 Å². The van der Waals surface area contributed by atoms with Gasteiger partial charge in [0.05, 0.1) is 12.3 Å². The lowest BCUT2D eigenvalue weighted by atomic mass is 10.1. The summed E-state index contributed by atoms with van der Waals surface area (Å²) in [6.07, 6.45) is 0. The highest BCUT2D eigenvalue weighted by Crippen LogP contribution is 2.28. The van der Waals surface area contributed by atoms with Crippen molar-refractivity contribution in [1.82, 2.24) is 0 Å². The van der Waals surface area contributed by atoms with Crippen molar-refractivity contribution in [2.24, 2.45) is 0 Å². The molecule has 0 amide bonds. The van der Waals surface area contributed by atoms with Crippen LogP contribution in [0.15, 0.2) is 12.1 Å². The van der Waals surface area contributed by atoms with Crippen LogP contribution in [0.1, 0.15) is 17.3 Å². The normalized spacial score (nSPS) is 9.79. The molecule has 0 fully saturated rings. The first-order valence-electron chi connectivity index (χ1n) is 4.11.